The molecule has 0 fully saturated rings. The highest BCUT2D eigenvalue weighted by Gasteiger charge is 2.34. The lowest BCUT2D eigenvalue weighted by Crippen LogP contribution is -2.19. The van der Waals surface area contributed by atoms with Crippen LogP contribution in [0.25, 0.3) is 0 Å². The molecule has 1 unspecified atom stereocenters. The van der Waals surface area contributed by atoms with Crippen LogP contribution in [0.15, 0.2) is 59.7 Å². The third-order valence-electron chi connectivity index (χ3n) is 4.05. The third-order valence-corrected chi connectivity index (χ3v) is 4.05. The van der Waals surface area contributed by atoms with Gasteiger partial charge in [0.15, 0.2) is 0 Å². The minimum absolute atomic E-state index is 0.0296. The quantitative estimate of drug-likeness (QED) is 0.745. The summed E-state index contributed by atoms with van der Waals surface area (Å²) in [4.78, 5) is 0. The maximum atomic E-state index is 13.2. The maximum absolute atomic E-state index is 13.2. The molecule has 1 atom stereocenters. The van der Waals surface area contributed by atoms with Crippen molar-refractivity contribution < 1.29 is 4.39 Å². The Morgan fingerprint density at radius 3 is 2.23 bits per heavy atom. The highest BCUT2D eigenvalue weighted by Crippen LogP contribution is 2.39. The fourth-order valence-electron chi connectivity index (χ4n) is 2.73. The second-order valence-electron chi connectivity index (χ2n) is 6.75. The van der Waals surface area contributed by atoms with Crippen LogP contribution in [-0.2, 0) is 0 Å². The van der Waals surface area contributed by atoms with Crippen LogP contribution < -0.4 is 5.01 Å². The second-order valence-corrected chi connectivity index (χ2v) is 6.75. The zero-order valence-corrected chi connectivity index (χ0v) is 13.3. The number of nitrogens with zero attached hydrogens (tertiary/aromatic N) is 2. The van der Waals surface area contributed by atoms with Crippen molar-refractivity contribution in [2.24, 2.45) is 10.5 Å². The van der Waals surface area contributed by atoms with Crippen molar-refractivity contribution in [2.75, 3.05) is 5.01 Å². The summed E-state index contributed by atoms with van der Waals surface area (Å²) < 4.78 is 13.2. The number of benzene rings is 2. The molecule has 1 aliphatic heterocycles. The molecule has 2 aromatic rings. The second kappa shape index (κ2) is 5.56. The predicted molar refractivity (Wildman–Crippen MR) is 89.6 cm³/mol. The molecule has 2 aromatic carbocycles. The fraction of sp³-hybridized carbons (Fsp3) is 0.316. The number of hydrazone groups is 1. The molecule has 0 radical (unpaired) electrons. The topological polar surface area (TPSA) is 15.6 Å². The van der Waals surface area contributed by atoms with Gasteiger partial charge in [-0.1, -0.05) is 51.1 Å². The van der Waals surface area contributed by atoms with E-state index in [9.17, 15) is 4.39 Å². The van der Waals surface area contributed by atoms with Crippen LogP contribution in [0.1, 0.15) is 38.8 Å². The van der Waals surface area contributed by atoms with E-state index in [4.69, 9.17) is 5.10 Å². The van der Waals surface area contributed by atoms with E-state index in [1.54, 1.807) is 0 Å². The Kier molecular flexibility index (Phi) is 3.73. The van der Waals surface area contributed by atoms with Crippen LogP contribution in [0, 0.1) is 11.2 Å². The van der Waals surface area contributed by atoms with E-state index < -0.39 is 0 Å². The molecule has 114 valence electrons. The van der Waals surface area contributed by atoms with Crippen LogP contribution in [0.5, 0.6) is 0 Å². The zero-order valence-electron chi connectivity index (χ0n) is 13.3. The van der Waals surface area contributed by atoms with Crippen LogP contribution in [-0.4, -0.2) is 5.71 Å². The number of anilines is 1. The lowest BCUT2D eigenvalue weighted by molar-refractivity contribution is 0.578. The van der Waals surface area contributed by atoms with Gasteiger partial charge in [-0.15, -0.1) is 0 Å². The van der Waals surface area contributed by atoms with E-state index in [0.717, 1.165) is 17.7 Å². The highest BCUT2D eigenvalue weighted by molar-refractivity contribution is 5.93. The van der Waals surface area contributed by atoms with E-state index >= 15 is 0 Å². The molecular formula is C19H21FN2. The molecule has 0 saturated carbocycles. The molecule has 3 rings (SSSR count). The average Bonchev–Trinajstić information content (AvgIpc) is 2.94. The summed E-state index contributed by atoms with van der Waals surface area (Å²) in [6.45, 7) is 6.55. The smallest absolute Gasteiger partial charge is 0.123 e. The van der Waals surface area contributed by atoms with E-state index in [1.165, 1.54) is 17.8 Å². The van der Waals surface area contributed by atoms with Crippen molar-refractivity contribution in [3.05, 3.63) is 66.0 Å². The van der Waals surface area contributed by atoms with Crippen LogP contribution >= 0.6 is 0 Å². The summed E-state index contributed by atoms with van der Waals surface area (Å²) in [6, 6.07) is 17.0. The first kappa shape index (κ1) is 14.8. The molecule has 3 heteroatoms. The van der Waals surface area contributed by atoms with Gasteiger partial charge in [-0.3, -0.25) is 5.01 Å². The molecule has 0 bridgehead atoms. The third kappa shape index (κ3) is 2.89. The van der Waals surface area contributed by atoms with Crippen molar-refractivity contribution >= 4 is 11.4 Å². The monoisotopic (exact) mass is 296 g/mol. The molecule has 2 nitrogen and oxygen atoms in total. The van der Waals surface area contributed by atoms with Gasteiger partial charge in [0.05, 0.1) is 11.7 Å². The first-order chi connectivity index (χ1) is 10.4. The minimum Gasteiger partial charge on any atom is -0.258 e. The Hall–Kier alpha value is -2.16. The van der Waals surface area contributed by atoms with Crippen molar-refractivity contribution in [3.63, 3.8) is 0 Å². The standard InChI is InChI=1S/C19H21FN2/c1-19(2,3)18-13-17(14-9-11-15(20)12-10-14)22(21-18)16-7-5-4-6-8-16/h4-12,17H,13H2,1-3H3. The van der Waals surface area contributed by atoms with Gasteiger partial charge in [0.1, 0.15) is 5.82 Å². The normalized spacial score (nSPS) is 18.5. The predicted octanol–water partition coefficient (Wildman–Crippen LogP) is 5.18. The van der Waals surface area contributed by atoms with Crippen molar-refractivity contribution in [1.82, 2.24) is 0 Å². The van der Waals surface area contributed by atoms with E-state index in [2.05, 4.69) is 37.9 Å². The Bertz CT molecular complexity index is 669. The van der Waals surface area contributed by atoms with E-state index in [1.807, 2.05) is 30.3 Å². The lowest BCUT2D eigenvalue weighted by Gasteiger charge is -2.24. The molecule has 0 saturated heterocycles. The Morgan fingerprint density at radius 1 is 1.00 bits per heavy atom. The largest absolute Gasteiger partial charge is 0.258 e. The van der Waals surface area contributed by atoms with Crippen LogP contribution in [0.2, 0.25) is 0 Å². The van der Waals surface area contributed by atoms with Gasteiger partial charge in [-0.25, -0.2) is 4.39 Å². The molecule has 1 aliphatic rings. The number of halogens is 1. The summed E-state index contributed by atoms with van der Waals surface area (Å²) in [5, 5.41) is 6.93. The molecule has 0 N–H and O–H groups in total. The van der Waals surface area contributed by atoms with Gasteiger partial charge in [0.25, 0.3) is 0 Å². The van der Waals surface area contributed by atoms with Gasteiger partial charge in [-0.05, 0) is 29.8 Å². The summed E-state index contributed by atoms with van der Waals surface area (Å²) in [6.07, 6.45) is 0.865. The number of hydrogen-bond acceptors (Lipinski definition) is 2. The minimum atomic E-state index is -0.204. The average molecular weight is 296 g/mol. The molecule has 0 amide bonds. The first-order valence-electron chi connectivity index (χ1n) is 7.63. The fourth-order valence-corrected chi connectivity index (χ4v) is 2.73. The van der Waals surface area contributed by atoms with Gasteiger partial charge in [0, 0.05) is 17.5 Å². The van der Waals surface area contributed by atoms with Crippen molar-refractivity contribution in [2.45, 2.75) is 33.2 Å². The van der Waals surface area contributed by atoms with Gasteiger partial charge < -0.3 is 0 Å². The molecule has 0 aliphatic carbocycles. The van der Waals surface area contributed by atoms with Crippen molar-refractivity contribution in [1.29, 1.82) is 0 Å². The number of para-hydroxylation sites is 1. The Balaban J connectivity index is 2.00. The number of hydrogen-bond donors (Lipinski definition) is 0. The maximum Gasteiger partial charge on any atom is 0.123 e. The highest BCUT2D eigenvalue weighted by atomic mass is 19.1. The Morgan fingerprint density at radius 2 is 1.64 bits per heavy atom. The number of rotatable bonds is 2. The zero-order chi connectivity index (χ0) is 15.7. The van der Waals surface area contributed by atoms with Crippen LogP contribution in [0.3, 0.4) is 0 Å². The molecule has 0 aromatic heterocycles. The summed E-state index contributed by atoms with van der Waals surface area (Å²) >= 11 is 0. The summed E-state index contributed by atoms with van der Waals surface area (Å²) in [5.41, 5.74) is 3.36. The van der Waals surface area contributed by atoms with Gasteiger partial charge in [-0.2, -0.15) is 5.10 Å². The molecular weight excluding hydrogens is 275 g/mol. The lowest BCUT2D eigenvalue weighted by atomic mass is 9.86. The molecule has 22 heavy (non-hydrogen) atoms. The van der Waals surface area contributed by atoms with E-state index in [-0.39, 0.29) is 17.3 Å². The Labute approximate surface area is 131 Å². The van der Waals surface area contributed by atoms with Gasteiger partial charge >= 0.3 is 0 Å². The first-order valence-corrected chi connectivity index (χ1v) is 7.63. The summed E-state index contributed by atoms with van der Waals surface area (Å²) in [5.74, 6) is -0.204. The van der Waals surface area contributed by atoms with Crippen LogP contribution in [0.4, 0.5) is 10.1 Å². The van der Waals surface area contributed by atoms with E-state index in [0.29, 0.717) is 0 Å². The molecule has 0 spiro atoms. The molecule has 1 heterocycles. The SMILES string of the molecule is CC(C)(C)C1=NN(c2ccccc2)C(c2ccc(F)cc2)C1. The van der Waals surface area contributed by atoms with Crippen molar-refractivity contribution in [3.8, 4) is 0 Å². The summed E-state index contributed by atoms with van der Waals surface area (Å²) in [7, 11) is 0. The van der Waals surface area contributed by atoms with Gasteiger partial charge in [0.2, 0.25) is 0 Å².